The van der Waals surface area contributed by atoms with E-state index in [2.05, 4.69) is 5.32 Å². The molecule has 31 heavy (non-hydrogen) atoms. The Balaban J connectivity index is 1.70. The SMILES string of the molecule is CC(C)C[C@H]1C(=O)C(C2=CS(=O)(=O)c3ccccc3N2)C(=O)N1Cc1ccc(F)cc1. The maximum absolute atomic E-state index is 13.4. The van der Waals surface area contributed by atoms with Crippen molar-refractivity contribution < 1.29 is 22.4 Å². The van der Waals surface area contributed by atoms with Crippen molar-refractivity contribution >= 4 is 27.2 Å². The van der Waals surface area contributed by atoms with Crippen LogP contribution in [0.3, 0.4) is 0 Å². The Morgan fingerprint density at radius 3 is 2.42 bits per heavy atom. The third kappa shape index (κ3) is 3.99. The zero-order chi connectivity index (χ0) is 22.3. The van der Waals surface area contributed by atoms with E-state index in [1.165, 1.54) is 23.1 Å². The van der Waals surface area contributed by atoms with E-state index in [0.717, 1.165) is 5.41 Å². The normalized spacial score (nSPS) is 22.3. The van der Waals surface area contributed by atoms with Crippen LogP contribution in [0.1, 0.15) is 25.8 Å². The quantitative estimate of drug-likeness (QED) is 0.717. The maximum atomic E-state index is 13.4. The van der Waals surface area contributed by atoms with Gasteiger partial charge in [0.2, 0.25) is 15.7 Å². The van der Waals surface area contributed by atoms with Crippen LogP contribution >= 0.6 is 0 Å². The van der Waals surface area contributed by atoms with Gasteiger partial charge >= 0.3 is 0 Å². The van der Waals surface area contributed by atoms with Gasteiger partial charge in [0, 0.05) is 12.2 Å². The van der Waals surface area contributed by atoms with Crippen LogP contribution in [0, 0.1) is 17.7 Å². The first-order valence-corrected chi connectivity index (χ1v) is 11.6. The number of benzene rings is 2. The lowest BCUT2D eigenvalue weighted by atomic mass is 9.94. The molecular formula is C23H23FN2O4S. The monoisotopic (exact) mass is 442 g/mol. The summed E-state index contributed by atoms with van der Waals surface area (Å²) in [6.07, 6.45) is 0.457. The van der Waals surface area contributed by atoms with E-state index in [4.69, 9.17) is 0 Å². The highest BCUT2D eigenvalue weighted by molar-refractivity contribution is 7.94. The summed E-state index contributed by atoms with van der Waals surface area (Å²) in [5.41, 5.74) is 1.11. The van der Waals surface area contributed by atoms with E-state index in [1.54, 1.807) is 30.3 Å². The highest BCUT2D eigenvalue weighted by atomic mass is 32.2. The second-order valence-electron chi connectivity index (χ2n) is 8.31. The molecule has 1 saturated heterocycles. The van der Waals surface area contributed by atoms with E-state index < -0.39 is 27.7 Å². The zero-order valence-corrected chi connectivity index (χ0v) is 18.0. The summed E-state index contributed by atoms with van der Waals surface area (Å²) < 4.78 is 38.7. The Morgan fingerprint density at radius 2 is 1.74 bits per heavy atom. The van der Waals surface area contributed by atoms with Crippen LogP contribution in [-0.2, 0) is 26.0 Å². The first-order chi connectivity index (χ1) is 14.7. The molecule has 162 valence electrons. The van der Waals surface area contributed by atoms with Crippen molar-refractivity contribution in [3.8, 4) is 0 Å². The Morgan fingerprint density at radius 1 is 1.06 bits per heavy atom. The number of Topliss-reactive ketones (excluding diaryl/α,β-unsaturated/α-hetero) is 1. The van der Waals surface area contributed by atoms with E-state index in [1.807, 2.05) is 13.8 Å². The molecule has 0 bridgehead atoms. The Kier molecular flexibility index (Phi) is 5.43. The fourth-order valence-electron chi connectivity index (χ4n) is 4.11. The van der Waals surface area contributed by atoms with Gasteiger partial charge in [-0.15, -0.1) is 0 Å². The second kappa shape index (κ2) is 7.92. The van der Waals surface area contributed by atoms with Crippen LogP contribution in [0.5, 0.6) is 0 Å². The van der Waals surface area contributed by atoms with E-state index in [0.29, 0.717) is 17.7 Å². The fraction of sp³-hybridized carbons (Fsp3) is 0.304. The number of sulfone groups is 1. The van der Waals surface area contributed by atoms with E-state index in [9.17, 15) is 22.4 Å². The molecule has 2 atom stereocenters. The molecule has 0 aliphatic carbocycles. The van der Waals surface area contributed by atoms with E-state index in [-0.39, 0.29) is 34.7 Å². The Labute approximate surface area is 180 Å². The summed E-state index contributed by atoms with van der Waals surface area (Å²) in [6, 6.07) is 11.5. The number of rotatable bonds is 5. The van der Waals surface area contributed by atoms with Gasteiger partial charge in [0.25, 0.3) is 0 Å². The number of fused-ring (bicyclic) bond motifs is 1. The molecule has 2 aromatic rings. The molecule has 2 heterocycles. The van der Waals surface area contributed by atoms with Crippen molar-refractivity contribution in [3.05, 3.63) is 71.0 Å². The van der Waals surface area contributed by atoms with E-state index >= 15 is 0 Å². The van der Waals surface area contributed by atoms with Crippen molar-refractivity contribution in [1.29, 1.82) is 0 Å². The van der Waals surface area contributed by atoms with Crippen LogP contribution < -0.4 is 5.32 Å². The van der Waals surface area contributed by atoms with Crippen LogP contribution in [0.2, 0.25) is 0 Å². The highest BCUT2D eigenvalue weighted by Crippen LogP contribution is 2.37. The van der Waals surface area contributed by atoms with Gasteiger partial charge in [0.1, 0.15) is 11.7 Å². The number of para-hydroxylation sites is 1. The third-order valence-electron chi connectivity index (χ3n) is 5.55. The van der Waals surface area contributed by atoms with Crippen LogP contribution in [0.15, 0.2) is 64.5 Å². The maximum Gasteiger partial charge on any atom is 0.240 e. The first-order valence-electron chi connectivity index (χ1n) is 10.1. The van der Waals surface area contributed by atoms with Crippen molar-refractivity contribution in [1.82, 2.24) is 4.90 Å². The van der Waals surface area contributed by atoms with Crippen molar-refractivity contribution in [2.24, 2.45) is 11.8 Å². The summed E-state index contributed by atoms with van der Waals surface area (Å²) in [4.78, 5) is 28.3. The second-order valence-corrected chi connectivity index (χ2v) is 10.1. The molecule has 1 amide bonds. The van der Waals surface area contributed by atoms with Crippen molar-refractivity contribution in [2.75, 3.05) is 5.32 Å². The van der Waals surface area contributed by atoms with Gasteiger partial charge in [0.15, 0.2) is 5.78 Å². The average molecular weight is 443 g/mol. The molecule has 8 heteroatoms. The highest BCUT2D eigenvalue weighted by Gasteiger charge is 2.49. The number of nitrogens with zero attached hydrogens (tertiary/aromatic N) is 1. The number of carbonyl (C=O) groups excluding carboxylic acids is 2. The molecule has 2 aromatic carbocycles. The van der Waals surface area contributed by atoms with Gasteiger partial charge in [-0.25, -0.2) is 12.8 Å². The molecule has 1 unspecified atom stereocenters. The van der Waals surface area contributed by atoms with Gasteiger partial charge < -0.3 is 10.2 Å². The molecule has 1 fully saturated rings. The van der Waals surface area contributed by atoms with Crippen LogP contribution in [-0.4, -0.2) is 31.0 Å². The van der Waals surface area contributed by atoms with Crippen LogP contribution in [0.25, 0.3) is 0 Å². The number of anilines is 1. The predicted molar refractivity (Wildman–Crippen MR) is 114 cm³/mol. The number of hydrogen-bond acceptors (Lipinski definition) is 5. The molecule has 0 aromatic heterocycles. The lowest BCUT2D eigenvalue weighted by Gasteiger charge is -2.25. The minimum atomic E-state index is -3.79. The molecule has 0 radical (unpaired) electrons. The molecule has 2 aliphatic heterocycles. The molecule has 1 N–H and O–H groups in total. The average Bonchev–Trinajstić information content (AvgIpc) is 2.92. The molecule has 0 spiro atoms. The summed E-state index contributed by atoms with van der Waals surface area (Å²) in [5.74, 6) is -2.23. The number of ketones is 1. The minimum Gasteiger partial charge on any atom is -0.356 e. The molecule has 2 aliphatic rings. The predicted octanol–water partition coefficient (Wildman–Crippen LogP) is 3.51. The fourth-order valence-corrected chi connectivity index (χ4v) is 5.46. The number of halogens is 1. The lowest BCUT2D eigenvalue weighted by molar-refractivity contribution is -0.132. The number of nitrogens with one attached hydrogen (secondary N) is 1. The Bertz CT molecular complexity index is 1170. The summed E-state index contributed by atoms with van der Waals surface area (Å²) in [6.45, 7) is 4.06. The molecular weight excluding hydrogens is 419 g/mol. The minimum absolute atomic E-state index is 0.0732. The number of likely N-dealkylation sites (tertiary alicyclic amines) is 1. The van der Waals surface area contributed by atoms with Crippen molar-refractivity contribution in [3.63, 3.8) is 0 Å². The molecule has 6 nitrogen and oxygen atoms in total. The summed E-state index contributed by atoms with van der Waals surface area (Å²) in [5, 5.41) is 3.97. The zero-order valence-electron chi connectivity index (χ0n) is 17.2. The first kappa shape index (κ1) is 21.2. The van der Waals surface area contributed by atoms with Gasteiger partial charge in [-0.1, -0.05) is 38.1 Å². The number of hydrogen-bond donors (Lipinski definition) is 1. The standard InChI is InChI=1S/C23H23FN2O4S/c1-14(2)11-19-22(27)21(23(28)26(19)12-15-7-9-16(24)10-8-15)18-13-31(29,30)20-6-4-3-5-17(20)25-18/h3-10,13-14,19,21,25H,11-12H2,1-2H3/t19-,21?/m0/s1. The third-order valence-corrected chi connectivity index (χ3v) is 7.08. The summed E-state index contributed by atoms with van der Waals surface area (Å²) in [7, 11) is -3.79. The van der Waals surface area contributed by atoms with Gasteiger partial charge in [-0.2, -0.15) is 0 Å². The molecule has 0 saturated carbocycles. The molecule has 4 rings (SSSR count). The topological polar surface area (TPSA) is 83.5 Å². The summed E-state index contributed by atoms with van der Waals surface area (Å²) >= 11 is 0. The Hall–Kier alpha value is -3.00. The van der Waals surface area contributed by atoms with Crippen molar-refractivity contribution in [2.45, 2.75) is 37.8 Å². The number of carbonyl (C=O) groups is 2. The smallest absolute Gasteiger partial charge is 0.240 e. The largest absolute Gasteiger partial charge is 0.356 e. The van der Waals surface area contributed by atoms with Gasteiger partial charge in [-0.05, 0) is 42.2 Å². The number of amides is 1. The van der Waals surface area contributed by atoms with Gasteiger partial charge in [0.05, 0.1) is 22.0 Å². The van der Waals surface area contributed by atoms with Crippen LogP contribution in [0.4, 0.5) is 10.1 Å². The van der Waals surface area contributed by atoms with Gasteiger partial charge in [-0.3, -0.25) is 9.59 Å². The lowest BCUT2D eigenvalue weighted by Crippen LogP contribution is -2.36.